The van der Waals surface area contributed by atoms with Crippen molar-refractivity contribution in [2.45, 2.75) is 134 Å². The predicted octanol–water partition coefficient (Wildman–Crippen LogP) is 8.46. The van der Waals surface area contributed by atoms with Crippen LogP contribution in [-0.4, -0.2) is 24.9 Å². The van der Waals surface area contributed by atoms with Crippen molar-refractivity contribution in [3.63, 3.8) is 0 Å². The van der Waals surface area contributed by atoms with Crippen LogP contribution in [-0.2, 0) is 9.84 Å². The molecular formula is C34H54O3S. The fourth-order valence-corrected chi connectivity index (χ4v) is 11.9. The van der Waals surface area contributed by atoms with Crippen LogP contribution in [0.4, 0.5) is 0 Å². The molecule has 9 unspecified atom stereocenters. The minimum Gasteiger partial charge on any atom is -0.393 e. The molecule has 214 valence electrons. The summed E-state index contributed by atoms with van der Waals surface area (Å²) < 4.78 is 27.6. The minimum atomic E-state index is -3.33. The lowest BCUT2D eigenvalue weighted by Gasteiger charge is -2.61. The fraction of sp³-hybridized carbons (Fsp3) is 0.824. The average molecular weight is 543 g/mol. The maximum Gasteiger partial charge on any atom is 0.181 e. The van der Waals surface area contributed by atoms with Gasteiger partial charge in [-0.05, 0) is 141 Å². The van der Waals surface area contributed by atoms with Crippen molar-refractivity contribution >= 4 is 9.84 Å². The van der Waals surface area contributed by atoms with Crippen LogP contribution in [0.15, 0.2) is 35.2 Å². The summed E-state index contributed by atoms with van der Waals surface area (Å²) in [4.78, 5) is 0.498. The van der Waals surface area contributed by atoms with Crippen molar-refractivity contribution in [2.24, 2.45) is 45.8 Å². The number of hydrogen-bond donors (Lipinski definition) is 1. The molecule has 38 heavy (non-hydrogen) atoms. The number of sulfone groups is 1. The zero-order chi connectivity index (χ0) is 27.3. The van der Waals surface area contributed by atoms with Gasteiger partial charge in [0, 0.05) is 0 Å². The molecule has 0 radical (unpaired) electrons. The monoisotopic (exact) mass is 542 g/mol. The van der Waals surface area contributed by atoms with E-state index in [1.807, 2.05) is 18.2 Å². The molecule has 4 aliphatic carbocycles. The Kier molecular flexibility index (Phi) is 7.93. The fourth-order valence-electron chi connectivity index (χ4n) is 10.1. The van der Waals surface area contributed by atoms with Crippen LogP contribution in [0.25, 0.3) is 0 Å². The summed E-state index contributed by atoms with van der Waals surface area (Å²) in [5.41, 5.74) is 0.921. The van der Waals surface area contributed by atoms with E-state index in [1.165, 1.54) is 44.9 Å². The summed E-state index contributed by atoms with van der Waals surface area (Å²) in [5.74, 6) is 3.81. The molecule has 9 atom stereocenters. The molecular weight excluding hydrogens is 488 g/mol. The van der Waals surface area contributed by atoms with Gasteiger partial charge in [0.05, 0.1) is 16.2 Å². The molecule has 0 saturated heterocycles. The van der Waals surface area contributed by atoms with Crippen molar-refractivity contribution in [2.75, 3.05) is 0 Å². The van der Waals surface area contributed by atoms with E-state index in [9.17, 15) is 13.5 Å². The third kappa shape index (κ3) is 5.27. The van der Waals surface area contributed by atoms with E-state index >= 15 is 0 Å². The lowest BCUT2D eigenvalue weighted by atomic mass is 9.44. The van der Waals surface area contributed by atoms with Crippen molar-refractivity contribution < 1.29 is 13.5 Å². The van der Waals surface area contributed by atoms with Crippen LogP contribution in [0.3, 0.4) is 0 Å². The molecule has 0 bridgehead atoms. The highest BCUT2D eigenvalue weighted by molar-refractivity contribution is 7.92. The van der Waals surface area contributed by atoms with Gasteiger partial charge in [0.15, 0.2) is 9.84 Å². The summed E-state index contributed by atoms with van der Waals surface area (Å²) in [6, 6.07) is 9.19. The third-order valence-corrected chi connectivity index (χ3v) is 14.7. The quantitative estimate of drug-likeness (QED) is 0.376. The van der Waals surface area contributed by atoms with E-state index in [4.69, 9.17) is 0 Å². The van der Waals surface area contributed by atoms with Gasteiger partial charge in [-0.15, -0.1) is 0 Å². The Labute approximate surface area is 233 Å². The van der Waals surface area contributed by atoms with Gasteiger partial charge in [0.2, 0.25) is 0 Å². The smallest absolute Gasteiger partial charge is 0.181 e. The van der Waals surface area contributed by atoms with Gasteiger partial charge in [-0.25, -0.2) is 8.42 Å². The maximum atomic E-state index is 13.8. The highest BCUT2D eigenvalue weighted by Gasteiger charge is 2.60. The van der Waals surface area contributed by atoms with Crippen LogP contribution in [0.1, 0.15) is 118 Å². The van der Waals surface area contributed by atoms with E-state index < -0.39 is 9.84 Å². The van der Waals surface area contributed by atoms with Gasteiger partial charge in [0.1, 0.15) is 0 Å². The van der Waals surface area contributed by atoms with Gasteiger partial charge < -0.3 is 5.11 Å². The number of rotatable bonds is 7. The first-order chi connectivity index (χ1) is 17.8. The molecule has 1 aromatic rings. The number of fused-ring (bicyclic) bond motifs is 5. The number of hydrogen-bond acceptors (Lipinski definition) is 3. The molecule has 3 nitrogen and oxygen atoms in total. The zero-order valence-electron chi connectivity index (χ0n) is 24.8. The highest BCUT2D eigenvalue weighted by Crippen LogP contribution is 2.68. The Bertz CT molecular complexity index is 1060. The summed E-state index contributed by atoms with van der Waals surface area (Å²) in [6.45, 7) is 11.8. The van der Waals surface area contributed by atoms with Crippen LogP contribution >= 0.6 is 0 Å². The Hall–Kier alpha value is -0.870. The van der Waals surface area contributed by atoms with E-state index in [-0.39, 0.29) is 16.8 Å². The molecule has 4 fully saturated rings. The predicted molar refractivity (Wildman–Crippen MR) is 157 cm³/mol. The Morgan fingerprint density at radius 3 is 2.29 bits per heavy atom. The highest BCUT2D eigenvalue weighted by atomic mass is 32.2. The number of benzene rings is 1. The van der Waals surface area contributed by atoms with Gasteiger partial charge in [-0.3, -0.25) is 0 Å². The molecule has 4 heteroatoms. The molecule has 4 aliphatic rings. The first-order valence-corrected chi connectivity index (χ1v) is 17.4. The van der Waals surface area contributed by atoms with E-state index in [1.54, 1.807) is 12.1 Å². The SMILES string of the molecule is CC(C)(C)CCC(CCC1CCC2C3CCC4CC(O)CCC4(C)C3CCC12C)S(=O)(=O)c1ccccc1. The van der Waals surface area contributed by atoms with Crippen LogP contribution < -0.4 is 0 Å². The molecule has 1 aromatic carbocycles. The first kappa shape index (κ1) is 28.7. The lowest BCUT2D eigenvalue weighted by Crippen LogP contribution is -2.53. The minimum absolute atomic E-state index is 0.0762. The number of aliphatic hydroxyl groups excluding tert-OH is 1. The van der Waals surface area contributed by atoms with Crippen LogP contribution in [0, 0.1) is 45.8 Å². The van der Waals surface area contributed by atoms with Gasteiger partial charge in [-0.2, -0.15) is 0 Å². The third-order valence-electron chi connectivity index (χ3n) is 12.4. The summed E-state index contributed by atoms with van der Waals surface area (Å²) in [5, 5.41) is 10.1. The molecule has 0 aromatic heterocycles. The van der Waals surface area contributed by atoms with E-state index in [0.29, 0.717) is 27.6 Å². The molecule has 5 rings (SSSR count). The van der Waals surface area contributed by atoms with Gasteiger partial charge in [-0.1, -0.05) is 52.8 Å². The molecule has 0 aliphatic heterocycles. The average Bonchev–Trinajstić information content (AvgIpc) is 3.20. The Morgan fingerprint density at radius 1 is 0.895 bits per heavy atom. The van der Waals surface area contributed by atoms with E-state index in [2.05, 4.69) is 34.6 Å². The molecule has 1 N–H and O–H groups in total. The van der Waals surface area contributed by atoms with Gasteiger partial charge >= 0.3 is 0 Å². The largest absolute Gasteiger partial charge is 0.393 e. The normalized spacial score (nSPS) is 40.2. The second-order valence-corrected chi connectivity index (χ2v) is 17.8. The van der Waals surface area contributed by atoms with Crippen molar-refractivity contribution in [1.82, 2.24) is 0 Å². The standard InChI is InChI=1S/C34H54O3S/c1-32(2,3)20-18-28(38(36,37)27-9-7-6-8-10-27)14-11-24-13-16-30-29-15-12-25-23-26(35)17-21-34(25,5)31(29)19-22-33(24,30)4/h6-10,24-26,28-31,35H,11-23H2,1-5H3. The van der Waals surface area contributed by atoms with Crippen LogP contribution in [0.2, 0.25) is 0 Å². The zero-order valence-corrected chi connectivity index (χ0v) is 25.6. The van der Waals surface area contributed by atoms with Crippen molar-refractivity contribution in [3.8, 4) is 0 Å². The second-order valence-electron chi connectivity index (χ2n) is 15.6. The summed E-state index contributed by atoms with van der Waals surface area (Å²) in [6.07, 6.45) is 14.6. The lowest BCUT2D eigenvalue weighted by molar-refractivity contribution is -0.127. The Morgan fingerprint density at radius 2 is 1.58 bits per heavy atom. The van der Waals surface area contributed by atoms with Crippen molar-refractivity contribution in [1.29, 1.82) is 0 Å². The topological polar surface area (TPSA) is 54.4 Å². The molecule has 0 amide bonds. The van der Waals surface area contributed by atoms with Crippen molar-refractivity contribution in [3.05, 3.63) is 30.3 Å². The summed E-state index contributed by atoms with van der Waals surface area (Å²) >= 11 is 0. The Balaban J connectivity index is 1.30. The summed E-state index contributed by atoms with van der Waals surface area (Å²) in [7, 11) is -3.33. The second kappa shape index (κ2) is 10.5. The molecule has 4 saturated carbocycles. The van der Waals surface area contributed by atoms with Gasteiger partial charge in [0.25, 0.3) is 0 Å². The van der Waals surface area contributed by atoms with E-state index in [0.717, 1.165) is 56.3 Å². The molecule has 0 spiro atoms. The number of aliphatic hydroxyl groups is 1. The maximum absolute atomic E-state index is 13.8. The first-order valence-electron chi connectivity index (χ1n) is 15.8. The molecule has 0 heterocycles. The van der Waals surface area contributed by atoms with Crippen LogP contribution in [0.5, 0.6) is 0 Å².